The number of benzene rings is 1. The van der Waals surface area contributed by atoms with Crippen LogP contribution < -0.4 is 5.32 Å². The van der Waals surface area contributed by atoms with Crippen LogP contribution in [0, 0.1) is 11.2 Å². The van der Waals surface area contributed by atoms with E-state index in [1.807, 2.05) is 32.9 Å². The number of nitrogens with zero attached hydrogens (tertiary/aromatic N) is 5. The lowest BCUT2D eigenvalue weighted by Crippen LogP contribution is -2.33. The van der Waals surface area contributed by atoms with Crippen molar-refractivity contribution < 1.29 is 14.6 Å². The minimum atomic E-state index is -0.756. The zero-order chi connectivity index (χ0) is 27.3. The Labute approximate surface area is 222 Å². The van der Waals surface area contributed by atoms with Gasteiger partial charge in [-0.2, -0.15) is 5.10 Å². The van der Waals surface area contributed by atoms with Crippen LogP contribution in [0.3, 0.4) is 0 Å². The number of nitrogens with one attached hydrogen (secondary N) is 3. The number of aromatic hydroxyl groups is 1. The first-order valence-corrected chi connectivity index (χ1v) is 12.2. The molecular weight excluding hydrogens is 499 g/mol. The number of pyridine rings is 3. The lowest BCUT2D eigenvalue weighted by molar-refractivity contribution is 0.0880. The van der Waals surface area contributed by atoms with Gasteiger partial charge in [0, 0.05) is 40.4 Å². The Bertz CT molecular complexity index is 1820. The van der Waals surface area contributed by atoms with Crippen LogP contribution in [0.5, 0.6) is 5.75 Å². The molecule has 5 N–H and O–H groups in total. The molecular formula is C28H25FN8O2. The van der Waals surface area contributed by atoms with Crippen molar-refractivity contribution in [2.24, 2.45) is 5.41 Å². The predicted molar refractivity (Wildman–Crippen MR) is 146 cm³/mol. The van der Waals surface area contributed by atoms with Crippen LogP contribution >= 0.6 is 0 Å². The molecule has 0 aliphatic heterocycles. The molecule has 0 amide bonds. The molecule has 1 unspecified atom stereocenters. The quantitative estimate of drug-likeness (QED) is 0.192. The van der Waals surface area contributed by atoms with Crippen molar-refractivity contribution in [3.63, 3.8) is 0 Å². The first-order valence-electron chi connectivity index (χ1n) is 12.2. The fourth-order valence-electron chi connectivity index (χ4n) is 4.27. The second-order valence-electron chi connectivity index (χ2n) is 10.4. The lowest BCUT2D eigenvalue weighted by Gasteiger charge is -2.27. The van der Waals surface area contributed by atoms with E-state index >= 15 is 0 Å². The molecule has 1 aromatic carbocycles. The van der Waals surface area contributed by atoms with Gasteiger partial charge in [-0.05, 0) is 35.9 Å². The Hall–Kier alpha value is -4.90. The maximum absolute atomic E-state index is 14.0. The van der Waals surface area contributed by atoms with E-state index in [1.165, 1.54) is 12.1 Å². The van der Waals surface area contributed by atoms with E-state index < -0.39 is 12.0 Å². The number of hydrogen-bond donors (Lipinski definition) is 5. The topological polar surface area (TPSA) is 149 Å². The summed E-state index contributed by atoms with van der Waals surface area (Å²) in [4.78, 5) is 21.2. The number of rotatable bonds is 5. The largest absolute Gasteiger partial charge is 0.508 e. The molecule has 10 nitrogen and oxygen atoms in total. The third kappa shape index (κ3) is 4.64. The lowest BCUT2D eigenvalue weighted by atomic mass is 9.94. The highest BCUT2D eigenvalue weighted by Crippen LogP contribution is 2.33. The number of fused-ring (bicyclic) bond motifs is 2. The summed E-state index contributed by atoms with van der Waals surface area (Å²) in [5.41, 5.74) is 5.12. The summed E-state index contributed by atoms with van der Waals surface area (Å²) in [6.07, 6.45) is 5.88. The SMILES string of the molecule is CC(C)(C)C(O)Nc1cncc(-c2cc3c(-c4nc5c(-c6cc(O)cc(F)c6)ccnc5[nH]4)n[nH]c3cn2)c1. The highest BCUT2D eigenvalue weighted by atomic mass is 19.1. The first-order chi connectivity index (χ1) is 18.7. The summed E-state index contributed by atoms with van der Waals surface area (Å²) in [6, 6.07) is 9.35. The summed E-state index contributed by atoms with van der Waals surface area (Å²) in [6.45, 7) is 5.82. The van der Waals surface area contributed by atoms with Crippen LogP contribution in [0.15, 0.2) is 61.2 Å². The zero-order valence-corrected chi connectivity index (χ0v) is 21.4. The number of H-pyrrole nitrogens is 2. The Balaban J connectivity index is 1.40. The number of aliphatic hydroxyl groups is 1. The summed E-state index contributed by atoms with van der Waals surface area (Å²) in [7, 11) is 0. The molecule has 0 saturated carbocycles. The van der Waals surface area contributed by atoms with E-state index in [0.29, 0.717) is 50.7 Å². The van der Waals surface area contributed by atoms with Crippen molar-refractivity contribution in [2.75, 3.05) is 5.32 Å². The maximum atomic E-state index is 14.0. The molecule has 0 saturated heterocycles. The Morgan fingerprint density at radius 1 is 1.00 bits per heavy atom. The predicted octanol–water partition coefficient (Wildman–Crippen LogP) is 5.25. The molecule has 5 heterocycles. The number of aromatic amines is 2. The third-order valence-corrected chi connectivity index (χ3v) is 6.41. The molecule has 1 atom stereocenters. The molecule has 11 heteroatoms. The number of aliphatic hydroxyl groups excluding tert-OH is 1. The molecule has 196 valence electrons. The van der Waals surface area contributed by atoms with Gasteiger partial charge >= 0.3 is 0 Å². The Morgan fingerprint density at radius 2 is 1.85 bits per heavy atom. The zero-order valence-electron chi connectivity index (χ0n) is 21.4. The van der Waals surface area contributed by atoms with Gasteiger partial charge in [-0.3, -0.25) is 15.1 Å². The smallest absolute Gasteiger partial charge is 0.160 e. The van der Waals surface area contributed by atoms with Crippen molar-refractivity contribution >= 4 is 27.8 Å². The van der Waals surface area contributed by atoms with Crippen LogP contribution in [0.1, 0.15) is 20.8 Å². The average Bonchev–Trinajstić information content (AvgIpc) is 3.51. The van der Waals surface area contributed by atoms with E-state index in [-0.39, 0.29) is 11.2 Å². The summed E-state index contributed by atoms with van der Waals surface area (Å²) in [5, 5.41) is 31.6. The van der Waals surface area contributed by atoms with E-state index in [0.717, 1.165) is 17.0 Å². The number of imidazole rings is 1. The van der Waals surface area contributed by atoms with Gasteiger partial charge < -0.3 is 20.5 Å². The van der Waals surface area contributed by atoms with Crippen molar-refractivity contribution in [1.29, 1.82) is 0 Å². The van der Waals surface area contributed by atoms with Crippen molar-refractivity contribution in [3.05, 3.63) is 67.0 Å². The molecule has 5 aromatic heterocycles. The normalized spacial score (nSPS) is 12.7. The number of anilines is 1. The highest BCUT2D eigenvalue weighted by Gasteiger charge is 2.22. The molecule has 0 fully saturated rings. The highest BCUT2D eigenvalue weighted by molar-refractivity contribution is 5.96. The van der Waals surface area contributed by atoms with Crippen molar-refractivity contribution in [3.8, 4) is 39.7 Å². The summed E-state index contributed by atoms with van der Waals surface area (Å²) in [5.74, 6) is -0.257. The number of hydrogen-bond acceptors (Lipinski definition) is 8. The molecule has 0 aliphatic carbocycles. The molecule has 0 aliphatic rings. The summed E-state index contributed by atoms with van der Waals surface area (Å²) >= 11 is 0. The molecule has 6 aromatic rings. The Kier molecular flexibility index (Phi) is 5.72. The number of halogens is 1. The maximum Gasteiger partial charge on any atom is 0.160 e. The van der Waals surface area contributed by atoms with Crippen molar-refractivity contribution in [1.82, 2.24) is 35.1 Å². The van der Waals surface area contributed by atoms with Crippen molar-refractivity contribution in [2.45, 2.75) is 27.0 Å². The van der Waals surface area contributed by atoms with Gasteiger partial charge in [0.1, 0.15) is 29.0 Å². The van der Waals surface area contributed by atoms with E-state index in [2.05, 4.69) is 35.5 Å². The van der Waals surface area contributed by atoms with Crippen LogP contribution in [0.2, 0.25) is 0 Å². The van der Waals surface area contributed by atoms with Gasteiger partial charge in [-0.1, -0.05) is 20.8 Å². The monoisotopic (exact) mass is 524 g/mol. The van der Waals surface area contributed by atoms with Gasteiger partial charge in [-0.15, -0.1) is 0 Å². The fourth-order valence-corrected chi connectivity index (χ4v) is 4.27. The second-order valence-corrected chi connectivity index (χ2v) is 10.4. The van der Waals surface area contributed by atoms with Gasteiger partial charge in [0.05, 0.1) is 29.3 Å². The van der Waals surface area contributed by atoms with Crippen LogP contribution in [0.25, 0.3) is 56.0 Å². The Morgan fingerprint density at radius 3 is 2.64 bits per heavy atom. The van der Waals surface area contributed by atoms with Crippen LogP contribution in [-0.4, -0.2) is 51.6 Å². The van der Waals surface area contributed by atoms with Gasteiger partial charge in [-0.25, -0.2) is 14.4 Å². The third-order valence-electron chi connectivity index (χ3n) is 6.41. The van der Waals surface area contributed by atoms with Gasteiger partial charge in [0.15, 0.2) is 11.5 Å². The molecule has 0 bridgehead atoms. The fraction of sp³-hybridized carbons (Fsp3) is 0.179. The van der Waals surface area contributed by atoms with Crippen LogP contribution in [0.4, 0.5) is 10.1 Å². The minimum absolute atomic E-state index is 0.175. The van der Waals surface area contributed by atoms with E-state index in [9.17, 15) is 14.6 Å². The summed E-state index contributed by atoms with van der Waals surface area (Å²) < 4.78 is 14.0. The molecule has 0 radical (unpaired) electrons. The standard InChI is InChI=1S/C28H25FN8O2/c1-28(2,3)27(39)33-17-7-15(11-30-12-17)21-10-20-22(13-32-21)36-37-24(20)26-34-23-19(4-5-31-25(23)35-26)14-6-16(29)9-18(38)8-14/h4-13,27,33,38-39H,1-3H3,(H,36,37)(H,31,34,35). The molecule has 39 heavy (non-hydrogen) atoms. The first kappa shape index (κ1) is 24.4. The number of aromatic nitrogens is 7. The average molecular weight is 525 g/mol. The van der Waals surface area contributed by atoms with Crippen LogP contribution in [-0.2, 0) is 0 Å². The van der Waals surface area contributed by atoms with Gasteiger partial charge in [0.25, 0.3) is 0 Å². The molecule has 0 spiro atoms. The molecule has 6 rings (SSSR count). The van der Waals surface area contributed by atoms with E-state index in [4.69, 9.17) is 4.98 Å². The van der Waals surface area contributed by atoms with E-state index in [1.54, 1.807) is 30.9 Å². The number of phenolic OH excluding ortho intramolecular Hbond substituents is 1. The number of phenols is 1. The van der Waals surface area contributed by atoms with Gasteiger partial charge in [0.2, 0.25) is 0 Å². The minimum Gasteiger partial charge on any atom is -0.508 e. The second kappa shape index (κ2) is 9.14.